The Morgan fingerprint density at radius 2 is 1.21 bits per heavy atom. The average Bonchev–Trinajstić information content (AvgIpc) is 2.58. The molecule has 0 amide bonds. The van der Waals surface area contributed by atoms with Crippen LogP contribution >= 0.6 is 25.3 Å². The smallest absolute Gasteiger partial charge is 0.336 e. The SMILES string of the molecule is Cn1c(=O)n(CCOC(=O)CS)c(=O)n(CCOC(=O)CS)c1=O. The van der Waals surface area contributed by atoms with Gasteiger partial charge in [0, 0.05) is 7.05 Å². The summed E-state index contributed by atoms with van der Waals surface area (Å²) in [7, 11) is 1.20. The molecule has 1 aromatic heterocycles. The van der Waals surface area contributed by atoms with Crippen LogP contribution < -0.4 is 17.1 Å². The Labute approximate surface area is 146 Å². The number of ether oxygens (including phenoxy) is 2. The Kier molecular flexibility index (Phi) is 7.85. The quantitative estimate of drug-likeness (QED) is 0.384. The molecule has 24 heavy (non-hydrogen) atoms. The maximum atomic E-state index is 12.3. The van der Waals surface area contributed by atoms with Gasteiger partial charge < -0.3 is 9.47 Å². The highest BCUT2D eigenvalue weighted by Crippen LogP contribution is 1.85. The van der Waals surface area contributed by atoms with E-state index in [4.69, 9.17) is 9.47 Å². The van der Waals surface area contributed by atoms with Crippen LogP contribution in [0.5, 0.6) is 0 Å². The van der Waals surface area contributed by atoms with Gasteiger partial charge >= 0.3 is 29.0 Å². The molecular formula is C12H17N3O7S2. The number of hydrogen-bond donors (Lipinski definition) is 2. The molecule has 1 heterocycles. The molecule has 0 atom stereocenters. The highest BCUT2D eigenvalue weighted by atomic mass is 32.1. The third-order valence-corrected chi connectivity index (χ3v) is 3.43. The standard InChI is InChI=1S/C12H17N3O7S2/c1-13-10(18)14(2-4-21-8(16)6-23)12(20)15(11(13)19)3-5-22-9(17)7-24/h23-24H,2-7H2,1H3. The summed E-state index contributed by atoms with van der Waals surface area (Å²) in [6.45, 7) is -0.883. The van der Waals surface area contributed by atoms with Gasteiger partial charge in [-0.1, -0.05) is 0 Å². The fraction of sp³-hybridized carbons (Fsp3) is 0.583. The van der Waals surface area contributed by atoms with Crippen LogP contribution in [0.15, 0.2) is 14.4 Å². The molecule has 1 aromatic rings. The van der Waals surface area contributed by atoms with Crippen molar-refractivity contribution in [2.24, 2.45) is 7.05 Å². The molecule has 1 rings (SSSR count). The summed E-state index contributed by atoms with van der Waals surface area (Å²) >= 11 is 7.45. The van der Waals surface area contributed by atoms with Crippen molar-refractivity contribution in [3.63, 3.8) is 0 Å². The molecule has 0 aliphatic rings. The van der Waals surface area contributed by atoms with Crippen molar-refractivity contribution < 1.29 is 19.1 Å². The van der Waals surface area contributed by atoms with E-state index in [-0.39, 0.29) is 37.8 Å². The number of rotatable bonds is 8. The van der Waals surface area contributed by atoms with E-state index in [1.54, 1.807) is 0 Å². The van der Waals surface area contributed by atoms with Gasteiger partial charge in [0.1, 0.15) is 13.2 Å². The van der Waals surface area contributed by atoms with E-state index >= 15 is 0 Å². The molecule has 0 aromatic carbocycles. The number of hydrogen-bond acceptors (Lipinski definition) is 9. The van der Waals surface area contributed by atoms with Gasteiger partial charge in [-0.2, -0.15) is 25.3 Å². The number of carbonyl (C=O) groups is 2. The predicted molar refractivity (Wildman–Crippen MR) is 89.8 cm³/mol. The average molecular weight is 379 g/mol. The number of aromatic nitrogens is 3. The summed E-state index contributed by atoms with van der Waals surface area (Å²) < 4.78 is 11.8. The van der Waals surface area contributed by atoms with Crippen LogP contribution in [0.2, 0.25) is 0 Å². The van der Waals surface area contributed by atoms with Crippen LogP contribution in [-0.2, 0) is 39.2 Å². The van der Waals surface area contributed by atoms with Crippen molar-refractivity contribution in [3.8, 4) is 0 Å². The van der Waals surface area contributed by atoms with E-state index in [9.17, 15) is 24.0 Å². The molecule has 0 aliphatic heterocycles. The zero-order valence-electron chi connectivity index (χ0n) is 12.8. The first-order valence-corrected chi connectivity index (χ1v) is 8.03. The Hall–Kier alpha value is -1.95. The molecule has 0 saturated carbocycles. The Morgan fingerprint density at radius 3 is 1.54 bits per heavy atom. The van der Waals surface area contributed by atoms with Gasteiger partial charge in [0.15, 0.2) is 0 Å². The van der Waals surface area contributed by atoms with Crippen LogP contribution in [0.4, 0.5) is 0 Å². The largest absolute Gasteiger partial charge is 0.463 e. The molecule has 0 bridgehead atoms. The van der Waals surface area contributed by atoms with Gasteiger partial charge in [0.25, 0.3) is 0 Å². The van der Waals surface area contributed by atoms with E-state index in [1.165, 1.54) is 7.05 Å². The zero-order valence-corrected chi connectivity index (χ0v) is 14.6. The van der Waals surface area contributed by atoms with Gasteiger partial charge in [0.05, 0.1) is 24.6 Å². The molecule has 0 saturated heterocycles. The topological polar surface area (TPSA) is 119 Å². The van der Waals surface area contributed by atoms with Crippen molar-refractivity contribution in [3.05, 3.63) is 31.5 Å². The van der Waals surface area contributed by atoms with Crippen LogP contribution in [0.3, 0.4) is 0 Å². The normalized spacial score (nSPS) is 10.5. The predicted octanol–water partition coefficient (Wildman–Crippen LogP) is -2.35. The summed E-state index contributed by atoms with van der Waals surface area (Å²) in [5, 5.41) is 0. The van der Waals surface area contributed by atoms with E-state index in [0.717, 1.165) is 13.7 Å². The van der Waals surface area contributed by atoms with E-state index in [1.807, 2.05) is 0 Å². The maximum absolute atomic E-state index is 12.3. The van der Waals surface area contributed by atoms with Crippen molar-refractivity contribution >= 4 is 37.2 Å². The molecular weight excluding hydrogens is 362 g/mol. The minimum atomic E-state index is -0.882. The molecule has 134 valence electrons. The molecule has 0 N–H and O–H groups in total. The minimum absolute atomic E-state index is 0.136. The second-order valence-electron chi connectivity index (χ2n) is 4.47. The molecule has 0 unspecified atom stereocenters. The lowest BCUT2D eigenvalue weighted by Gasteiger charge is -2.12. The summed E-state index contributed by atoms with van der Waals surface area (Å²) in [6, 6.07) is 0. The maximum Gasteiger partial charge on any atom is 0.336 e. The van der Waals surface area contributed by atoms with Crippen molar-refractivity contribution in [1.29, 1.82) is 0 Å². The monoisotopic (exact) mass is 379 g/mol. The van der Waals surface area contributed by atoms with Crippen LogP contribution in [0.1, 0.15) is 0 Å². The minimum Gasteiger partial charge on any atom is -0.463 e. The van der Waals surface area contributed by atoms with Crippen LogP contribution in [0.25, 0.3) is 0 Å². The van der Waals surface area contributed by atoms with Crippen molar-refractivity contribution in [2.45, 2.75) is 13.1 Å². The number of thiol groups is 2. The van der Waals surface area contributed by atoms with Gasteiger partial charge in [-0.3, -0.25) is 9.59 Å². The number of carbonyl (C=O) groups excluding carboxylic acids is 2. The Balaban J connectivity index is 3.02. The van der Waals surface area contributed by atoms with E-state index in [2.05, 4.69) is 25.3 Å². The molecule has 12 heteroatoms. The van der Waals surface area contributed by atoms with Crippen molar-refractivity contribution in [2.75, 3.05) is 24.7 Å². The summed E-state index contributed by atoms with van der Waals surface area (Å²) in [6.07, 6.45) is 0. The first kappa shape index (κ1) is 20.1. The lowest BCUT2D eigenvalue weighted by atomic mass is 10.6. The Bertz CT molecular complexity index is 720. The van der Waals surface area contributed by atoms with Crippen LogP contribution in [0, 0.1) is 0 Å². The van der Waals surface area contributed by atoms with E-state index in [0.29, 0.717) is 0 Å². The first-order chi connectivity index (χ1) is 11.3. The molecule has 0 aliphatic carbocycles. The second kappa shape index (κ2) is 9.37. The third kappa shape index (κ3) is 5.03. The summed E-state index contributed by atoms with van der Waals surface area (Å²) in [4.78, 5) is 58.3. The first-order valence-electron chi connectivity index (χ1n) is 6.77. The second-order valence-corrected chi connectivity index (χ2v) is 5.10. The van der Waals surface area contributed by atoms with Crippen molar-refractivity contribution in [1.82, 2.24) is 13.7 Å². The molecule has 0 radical (unpaired) electrons. The third-order valence-electron chi connectivity index (χ3n) is 2.91. The molecule has 10 nitrogen and oxygen atoms in total. The lowest BCUT2D eigenvalue weighted by Crippen LogP contribution is -2.54. The van der Waals surface area contributed by atoms with Gasteiger partial charge in [-0.25, -0.2) is 28.1 Å². The highest BCUT2D eigenvalue weighted by Gasteiger charge is 2.14. The fourth-order valence-electron chi connectivity index (χ4n) is 1.73. The van der Waals surface area contributed by atoms with Gasteiger partial charge in [-0.15, -0.1) is 0 Å². The molecule has 0 spiro atoms. The summed E-state index contributed by atoms with van der Waals surface area (Å²) in [5.41, 5.74) is -2.56. The van der Waals surface area contributed by atoms with Gasteiger partial charge in [0.2, 0.25) is 0 Å². The number of esters is 2. The number of nitrogens with zero attached hydrogens (tertiary/aromatic N) is 3. The van der Waals surface area contributed by atoms with Crippen LogP contribution in [-0.4, -0.2) is 50.4 Å². The fourth-order valence-corrected chi connectivity index (χ4v) is 1.91. The van der Waals surface area contributed by atoms with Gasteiger partial charge in [-0.05, 0) is 0 Å². The lowest BCUT2D eigenvalue weighted by molar-refractivity contribution is -0.141. The van der Waals surface area contributed by atoms with E-state index < -0.39 is 29.0 Å². The Morgan fingerprint density at radius 1 is 0.833 bits per heavy atom. The molecule has 0 fully saturated rings. The highest BCUT2D eigenvalue weighted by molar-refractivity contribution is 7.81. The zero-order chi connectivity index (χ0) is 18.3. The summed E-state index contributed by atoms with van der Waals surface area (Å²) in [5.74, 6) is -1.48.